The molecule has 0 saturated heterocycles. The molecule has 1 aliphatic carbocycles. The molecule has 2 nitrogen and oxygen atoms in total. The summed E-state index contributed by atoms with van der Waals surface area (Å²) < 4.78 is 2.76. The van der Waals surface area contributed by atoms with E-state index in [1.54, 1.807) is 11.9 Å². The van der Waals surface area contributed by atoms with Crippen molar-refractivity contribution in [2.75, 3.05) is 6.26 Å². The first kappa shape index (κ1) is 10.9. The van der Waals surface area contributed by atoms with Crippen LogP contribution in [0.3, 0.4) is 0 Å². The van der Waals surface area contributed by atoms with Gasteiger partial charge in [-0.05, 0) is 36.9 Å². The van der Waals surface area contributed by atoms with E-state index >= 15 is 0 Å². The van der Waals surface area contributed by atoms with Crippen molar-refractivity contribution >= 4 is 45.6 Å². The Morgan fingerprint density at radius 2 is 2.19 bits per heavy atom. The molecule has 1 aromatic heterocycles. The third-order valence-corrected chi connectivity index (χ3v) is 5.27. The van der Waals surface area contributed by atoms with Gasteiger partial charge in [0.1, 0.15) is 5.82 Å². The molecule has 0 unspecified atom stereocenters. The third-order valence-electron chi connectivity index (χ3n) is 3.03. The van der Waals surface area contributed by atoms with Crippen LogP contribution in [0.15, 0.2) is 24.3 Å². The Kier molecular flexibility index (Phi) is 2.66. The fraction of sp³-hybridized carbons (Fsp3) is 0.417. The van der Waals surface area contributed by atoms with Crippen LogP contribution in [0.4, 0.5) is 0 Å². The van der Waals surface area contributed by atoms with Gasteiger partial charge >= 0.3 is 0 Å². The van der Waals surface area contributed by atoms with Crippen LogP contribution in [0.2, 0.25) is 0 Å². The molecule has 84 valence electrons. The predicted molar refractivity (Wildman–Crippen MR) is 78.3 cm³/mol. The maximum atomic E-state index is 4.75. The number of aromatic nitrogens is 2. The highest BCUT2D eigenvalue weighted by Gasteiger charge is 2.41. The van der Waals surface area contributed by atoms with Crippen LogP contribution in [-0.2, 0) is 6.42 Å². The first-order valence-corrected chi connectivity index (χ1v) is 7.68. The van der Waals surface area contributed by atoms with E-state index in [9.17, 15) is 0 Å². The van der Waals surface area contributed by atoms with E-state index in [4.69, 9.17) is 4.98 Å². The molecule has 0 atom stereocenters. The Hall–Kier alpha value is -0.230. The maximum absolute atomic E-state index is 4.75. The van der Waals surface area contributed by atoms with Gasteiger partial charge < -0.3 is 0 Å². The van der Waals surface area contributed by atoms with Gasteiger partial charge in [0.05, 0.1) is 11.0 Å². The van der Waals surface area contributed by atoms with Crippen LogP contribution in [0.5, 0.6) is 0 Å². The van der Waals surface area contributed by atoms with Crippen molar-refractivity contribution in [3.05, 3.63) is 30.1 Å². The molecule has 16 heavy (non-hydrogen) atoms. The lowest BCUT2D eigenvalue weighted by molar-refractivity contribution is 0.850. The van der Waals surface area contributed by atoms with Gasteiger partial charge in [-0.25, -0.2) is 4.98 Å². The summed E-state index contributed by atoms with van der Waals surface area (Å²) in [4.78, 5) is 4.75. The van der Waals surface area contributed by atoms with Crippen molar-refractivity contribution in [3.63, 3.8) is 0 Å². The quantitative estimate of drug-likeness (QED) is 0.625. The van der Waals surface area contributed by atoms with Gasteiger partial charge in [0.2, 0.25) is 0 Å². The summed E-state index contributed by atoms with van der Waals surface area (Å²) >= 11 is 4.34. The molecule has 1 heterocycles. The van der Waals surface area contributed by atoms with E-state index in [-0.39, 0.29) is 0 Å². The highest BCUT2D eigenvalue weighted by atomic mass is 127. The van der Waals surface area contributed by atoms with Gasteiger partial charge in [0.15, 0.2) is 0 Å². The minimum atomic E-state index is 0.493. The first-order chi connectivity index (χ1) is 7.72. The number of halogens is 1. The fourth-order valence-electron chi connectivity index (χ4n) is 1.96. The predicted octanol–water partition coefficient (Wildman–Crippen LogP) is 3.67. The van der Waals surface area contributed by atoms with Gasteiger partial charge in [-0.1, -0.05) is 34.7 Å². The maximum Gasteiger partial charge on any atom is 0.121 e. The third kappa shape index (κ3) is 1.86. The Labute approximate surface area is 113 Å². The van der Waals surface area contributed by atoms with Crippen molar-refractivity contribution in [2.24, 2.45) is 0 Å². The summed E-state index contributed by atoms with van der Waals surface area (Å²) in [5.41, 5.74) is 2.36. The zero-order chi connectivity index (χ0) is 11.2. The molecule has 0 aliphatic heterocycles. The average molecular weight is 344 g/mol. The average Bonchev–Trinajstić information content (AvgIpc) is 2.90. The Morgan fingerprint density at radius 1 is 1.44 bits per heavy atom. The van der Waals surface area contributed by atoms with Gasteiger partial charge in [-0.3, -0.25) is 3.97 Å². The molecular formula is C12H13IN2S. The van der Waals surface area contributed by atoms with Crippen LogP contribution in [0, 0.1) is 0 Å². The molecule has 0 bridgehead atoms. The minimum absolute atomic E-state index is 0.493. The number of hydrogen-bond acceptors (Lipinski definition) is 2. The summed E-state index contributed by atoms with van der Waals surface area (Å²) in [7, 11) is 0. The fourth-order valence-corrected chi connectivity index (χ4v) is 3.24. The number of para-hydroxylation sites is 2. The summed E-state index contributed by atoms with van der Waals surface area (Å²) in [5, 5.41) is 0. The van der Waals surface area contributed by atoms with Crippen molar-refractivity contribution in [1.29, 1.82) is 0 Å². The summed E-state index contributed by atoms with van der Waals surface area (Å²) in [6.07, 6.45) is 5.89. The molecule has 1 aliphatic rings. The topological polar surface area (TPSA) is 17.8 Å². The van der Waals surface area contributed by atoms with E-state index in [1.165, 1.54) is 24.2 Å². The van der Waals surface area contributed by atoms with Gasteiger partial charge in [0.25, 0.3) is 0 Å². The van der Waals surface area contributed by atoms with E-state index in [0.717, 1.165) is 11.9 Å². The lowest BCUT2D eigenvalue weighted by Gasteiger charge is -2.07. The van der Waals surface area contributed by atoms with Crippen molar-refractivity contribution in [1.82, 2.24) is 8.96 Å². The highest BCUT2D eigenvalue weighted by Crippen LogP contribution is 2.47. The van der Waals surface area contributed by atoms with Crippen LogP contribution in [0.1, 0.15) is 18.7 Å². The SMILES string of the molecule is CSn1c(CC2(I)CC2)nc2ccccc21. The molecule has 1 aromatic carbocycles. The Balaban J connectivity index is 2.08. The number of nitrogens with zero attached hydrogens (tertiary/aromatic N) is 2. The second-order valence-electron chi connectivity index (χ2n) is 4.32. The molecule has 2 aromatic rings. The summed E-state index contributed by atoms with van der Waals surface area (Å²) in [5.74, 6) is 1.22. The van der Waals surface area contributed by atoms with E-state index in [2.05, 4.69) is 57.1 Å². The number of hydrogen-bond donors (Lipinski definition) is 0. The smallest absolute Gasteiger partial charge is 0.121 e. The van der Waals surface area contributed by atoms with E-state index in [0.29, 0.717) is 3.42 Å². The second-order valence-corrected chi connectivity index (χ2v) is 7.34. The number of benzene rings is 1. The second kappa shape index (κ2) is 3.91. The monoisotopic (exact) mass is 344 g/mol. The molecule has 1 fully saturated rings. The molecule has 1 saturated carbocycles. The number of imidazole rings is 1. The molecule has 0 spiro atoms. The lowest BCUT2D eigenvalue weighted by atomic mass is 10.3. The molecule has 0 amide bonds. The summed E-state index contributed by atoms with van der Waals surface area (Å²) in [6.45, 7) is 0. The van der Waals surface area contributed by atoms with Crippen LogP contribution >= 0.6 is 34.5 Å². The molecule has 3 rings (SSSR count). The number of alkyl halides is 1. The number of fused-ring (bicyclic) bond motifs is 1. The molecule has 4 heteroatoms. The van der Waals surface area contributed by atoms with Crippen molar-refractivity contribution < 1.29 is 0 Å². The van der Waals surface area contributed by atoms with Gasteiger partial charge in [-0.15, -0.1) is 0 Å². The highest BCUT2D eigenvalue weighted by molar-refractivity contribution is 14.1. The Bertz CT molecular complexity index is 531. The zero-order valence-electron chi connectivity index (χ0n) is 9.11. The molecule has 0 radical (unpaired) electrons. The zero-order valence-corrected chi connectivity index (χ0v) is 12.1. The van der Waals surface area contributed by atoms with Gasteiger partial charge in [0, 0.05) is 16.1 Å². The van der Waals surface area contributed by atoms with E-state index < -0.39 is 0 Å². The van der Waals surface area contributed by atoms with Crippen LogP contribution in [-0.4, -0.2) is 18.6 Å². The van der Waals surface area contributed by atoms with Crippen molar-refractivity contribution in [3.8, 4) is 0 Å². The molecular weight excluding hydrogens is 331 g/mol. The molecule has 0 N–H and O–H groups in total. The Morgan fingerprint density at radius 3 is 2.88 bits per heavy atom. The summed E-state index contributed by atoms with van der Waals surface area (Å²) in [6, 6.07) is 8.38. The standard InChI is InChI=1S/C12H13IN2S/c1-16-15-10-5-3-2-4-9(10)14-11(15)8-12(13)6-7-12/h2-5H,6-8H2,1H3. The van der Waals surface area contributed by atoms with Crippen LogP contribution < -0.4 is 0 Å². The van der Waals surface area contributed by atoms with Crippen molar-refractivity contribution in [2.45, 2.75) is 22.7 Å². The largest absolute Gasteiger partial charge is 0.270 e. The van der Waals surface area contributed by atoms with Gasteiger partial charge in [-0.2, -0.15) is 0 Å². The van der Waals surface area contributed by atoms with E-state index in [1.807, 2.05) is 0 Å². The van der Waals surface area contributed by atoms with Crippen LogP contribution in [0.25, 0.3) is 11.0 Å². The lowest BCUT2D eigenvalue weighted by Crippen LogP contribution is -2.06. The minimum Gasteiger partial charge on any atom is -0.270 e. The number of rotatable bonds is 3. The first-order valence-electron chi connectivity index (χ1n) is 5.42. The normalized spacial score (nSPS) is 17.9.